The average molecular weight is 402 g/mol. The zero-order chi connectivity index (χ0) is 20.9. The molecule has 28 heavy (non-hydrogen) atoms. The zero-order valence-electron chi connectivity index (χ0n) is 18.6. The van der Waals surface area contributed by atoms with E-state index in [9.17, 15) is 4.79 Å². The molecule has 1 aromatic heterocycles. The molecule has 0 bridgehead atoms. The molecule has 0 saturated heterocycles. The molecule has 1 N–H and O–H groups in total. The summed E-state index contributed by atoms with van der Waals surface area (Å²) >= 11 is 0. The van der Waals surface area contributed by atoms with E-state index in [4.69, 9.17) is 4.74 Å². The molecule has 1 aromatic carbocycles. The fraction of sp³-hybridized carbons (Fsp3) is 0.591. The van der Waals surface area contributed by atoms with Gasteiger partial charge in [0.05, 0.1) is 0 Å². The van der Waals surface area contributed by atoms with Gasteiger partial charge in [0.15, 0.2) is 8.24 Å². The molecular weight excluding hydrogens is 366 g/mol. The Kier molecular flexibility index (Phi) is 5.40. The Morgan fingerprint density at radius 2 is 1.93 bits per heavy atom. The number of hydrogen-bond acceptors (Lipinski definition) is 3. The van der Waals surface area contributed by atoms with Crippen molar-refractivity contribution < 1.29 is 9.53 Å². The van der Waals surface area contributed by atoms with Crippen LogP contribution in [0.25, 0.3) is 10.9 Å². The van der Waals surface area contributed by atoms with Crippen LogP contribution in [0.3, 0.4) is 0 Å². The van der Waals surface area contributed by atoms with Crippen molar-refractivity contribution in [1.82, 2.24) is 9.13 Å². The van der Waals surface area contributed by atoms with Crippen molar-refractivity contribution in [2.45, 2.75) is 71.3 Å². The Balaban J connectivity index is 2.05. The molecule has 1 aliphatic carbocycles. The minimum absolute atomic E-state index is 0.406. The van der Waals surface area contributed by atoms with Gasteiger partial charge in [-0.1, -0.05) is 19.6 Å². The van der Waals surface area contributed by atoms with E-state index >= 15 is 0 Å². The molecule has 5 nitrogen and oxygen atoms in total. The first kappa shape index (κ1) is 20.9. The summed E-state index contributed by atoms with van der Waals surface area (Å²) in [5, 5.41) is 4.19. The monoisotopic (exact) mass is 401 g/mol. The maximum Gasteiger partial charge on any atom is 0.412 e. The Morgan fingerprint density at radius 1 is 1.25 bits per heavy atom. The predicted molar refractivity (Wildman–Crippen MR) is 120 cm³/mol. The molecule has 0 saturated carbocycles. The first-order chi connectivity index (χ1) is 12.9. The molecule has 0 aliphatic heterocycles. The summed E-state index contributed by atoms with van der Waals surface area (Å²) in [6, 6.07) is 6.86. The zero-order valence-corrected chi connectivity index (χ0v) is 19.6. The van der Waals surface area contributed by atoms with Gasteiger partial charge in [-0.15, -0.1) is 0 Å². The second-order valence-electron chi connectivity index (χ2n) is 10.2. The number of amides is 1. The largest absolute Gasteiger partial charge is 0.444 e. The van der Waals surface area contributed by atoms with Gasteiger partial charge in [0, 0.05) is 28.3 Å². The van der Waals surface area contributed by atoms with Crippen LogP contribution < -0.4 is 5.32 Å². The highest BCUT2D eigenvalue weighted by molar-refractivity contribution is 6.75. The molecule has 0 spiro atoms. The molecule has 3 rings (SSSR count). The fourth-order valence-electron chi connectivity index (χ4n) is 4.25. The van der Waals surface area contributed by atoms with Crippen LogP contribution in [0.2, 0.25) is 19.6 Å². The standard InChI is InChI=1S/C22H35N3O2Si/c1-22(2,3)27-21(26)23-15-9-11-19-17(13-15)18-14-16(24(4)5)10-12-20(18)25(19)28(6,7)8/h9,11,13,16H,10,12,14H2,1-8H3,(H,23,26). The lowest BCUT2D eigenvalue weighted by Gasteiger charge is -2.31. The van der Waals surface area contributed by atoms with E-state index in [2.05, 4.69) is 60.3 Å². The molecule has 2 aromatic rings. The third-order valence-corrected chi connectivity index (χ3v) is 7.23. The van der Waals surface area contributed by atoms with Crippen LogP contribution in [0.4, 0.5) is 10.5 Å². The quantitative estimate of drug-likeness (QED) is 0.729. The number of ether oxygens (including phenoxy) is 1. The molecular formula is C22H35N3O2Si. The van der Waals surface area contributed by atoms with E-state index in [0.29, 0.717) is 6.04 Å². The summed E-state index contributed by atoms with van der Waals surface area (Å²) < 4.78 is 8.05. The molecule has 0 fully saturated rings. The van der Waals surface area contributed by atoms with Crippen LogP contribution in [0, 0.1) is 0 Å². The van der Waals surface area contributed by atoms with Gasteiger partial charge in [-0.25, -0.2) is 4.79 Å². The van der Waals surface area contributed by atoms with Gasteiger partial charge in [0.1, 0.15) is 5.60 Å². The Bertz CT molecular complexity index is 888. The number of likely N-dealkylation sites (N-methyl/N-ethyl adjacent to an activating group) is 1. The van der Waals surface area contributed by atoms with Gasteiger partial charge in [-0.05, 0) is 77.9 Å². The number of nitrogens with one attached hydrogen (secondary N) is 1. The Labute approximate surface area is 170 Å². The van der Waals surface area contributed by atoms with Crippen molar-refractivity contribution in [2.24, 2.45) is 0 Å². The number of benzene rings is 1. The number of aromatic nitrogens is 1. The summed E-state index contributed by atoms with van der Waals surface area (Å²) in [5.41, 5.74) is 4.55. The van der Waals surface area contributed by atoms with Crippen molar-refractivity contribution in [3.05, 3.63) is 29.5 Å². The number of rotatable bonds is 3. The Hall–Kier alpha value is -1.79. The van der Waals surface area contributed by atoms with E-state index in [0.717, 1.165) is 18.5 Å². The van der Waals surface area contributed by atoms with Crippen LogP contribution in [0.1, 0.15) is 38.4 Å². The second kappa shape index (κ2) is 7.23. The van der Waals surface area contributed by atoms with Gasteiger partial charge in [0.2, 0.25) is 0 Å². The van der Waals surface area contributed by atoms with Gasteiger partial charge in [-0.3, -0.25) is 5.32 Å². The molecule has 1 unspecified atom stereocenters. The minimum atomic E-state index is -1.56. The maximum atomic E-state index is 12.2. The molecule has 154 valence electrons. The highest BCUT2D eigenvalue weighted by atomic mass is 28.3. The summed E-state index contributed by atoms with van der Waals surface area (Å²) in [5.74, 6) is 0. The molecule has 1 heterocycles. The van der Waals surface area contributed by atoms with E-state index in [1.165, 1.54) is 28.6 Å². The van der Waals surface area contributed by atoms with E-state index in [1.54, 1.807) is 0 Å². The van der Waals surface area contributed by atoms with Crippen molar-refractivity contribution in [3.8, 4) is 0 Å². The lowest BCUT2D eigenvalue weighted by Crippen LogP contribution is -2.37. The number of carbonyl (C=O) groups excluding carboxylic acids is 1. The van der Waals surface area contributed by atoms with Crippen LogP contribution >= 0.6 is 0 Å². The number of nitrogens with zero attached hydrogens (tertiary/aromatic N) is 2. The van der Waals surface area contributed by atoms with Crippen molar-refractivity contribution in [2.75, 3.05) is 19.4 Å². The second-order valence-corrected chi connectivity index (χ2v) is 14.9. The molecule has 6 heteroatoms. The Morgan fingerprint density at radius 3 is 2.50 bits per heavy atom. The smallest absolute Gasteiger partial charge is 0.412 e. The third-order valence-electron chi connectivity index (χ3n) is 5.38. The fourth-order valence-corrected chi connectivity index (χ4v) is 6.22. The maximum absolute atomic E-state index is 12.2. The minimum Gasteiger partial charge on any atom is -0.444 e. The normalized spacial score (nSPS) is 17.7. The summed E-state index contributed by atoms with van der Waals surface area (Å²) in [6.45, 7) is 12.8. The first-order valence-electron chi connectivity index (χ1n) is 10.2. The summed E-state index contributed by atoms with van der Waals surface area (Å²) in [6.07, 6.45) is 2.97. The van der Waals surface area contributed by atoms with Gasteiger partial charge in [-0.2, -0.15) is 0 Å². The van der Waals surface area contributed by atoms with E-state index < -0.39 is 19.9 Å². The molecule has 1 atom stereocenters. The molecule has 0 radical (unpaired) electrons. The van der Waals surface area contributed by atoms with Crippen molar-refractivity contribution in [1.29, 1.82) is 0 Å². The SMILES string of the molecule is CN(C)C1CCc2c(c3cc(NC(=O)OC(C)(C)C)ccc3n2[Si](C)(C)C)C1. The number of fused-ring (bicyclic) bond motifs is 3. The third kappa shape index (κ3) is 4.28. The van der Waals surface area contributed by atoms with Gasteiger partial charge >= 0.3 is 6.09 Å². The summed E-state index contributed by atoms with van der Waals surface area (Å²) in [4.78, 5) is 14.6. The lowest BCUT2D eigenvalue weighted by atomic mass is 9.91. The predicted octanol–water partition coefficient (Wildman–Crippen LogP) is 5.09. The lowest BCUT2D eigenvalue weighted by molar-refractivity contribution is 0.0636. The topological polar surface area (TPSA) is 46.5 Å². The summed E-state index contributed by atoms with van der Waals surface area (Å²) in [7, 11) is 2.77. The first-order valence-corrected chi connectivity index (χ1v) is 13.6. The van der Waals surface area contributed by atoms with Crippen LogP contribution in [-0.4, -0.2) is 49.2 Å². The van der Waals surface area contributed by atoms with Crippen LogP contribution in [0.15, 0.2) is 18.2 Å². The van der Waals surface area contributed by atoms with E-state index in [1.807, 2.05) is 26.8 Å². The molecule has 1 aliphatic rings. The van der Waals surface area contributed by atoms with Gasteiger partial charge < -0.3 is 13.9 Å². The molecule has 1 amide bonds. The number of anilines is 1. The number of carbonyl (C=O) groups is 1. The van der Waals surface area contributed by atoms with Crippen molar-refractivity contribution in [3.63, 3.8) is 0 Å². The average Bonchev–Trinajstić information content (AvgIpc) is 2.86. The van der Waals surface area contributed by atoms with Gasteiger partial charge in [0.25, 0.3) is 0 Å². The van der Waals surface area contributed by atoms with Crippen LogP contribution in [-0.2, 0) is 17.6 Å². The number of hydrogen-bond donors (Lipinski definition) is 1. The van der Waals surface area contributed by atoms with E-state index in [-0.39, 0.29) is 0 Å². The van der Waals surface area contributed by atoms with Crippen molar-refractivity contribution >= 4 is 30.9 Å². The highest BCUT2D eigenvalue weighted by Crippen LogP contribution is 2.36. The van der Waals surface area contributed by atoms with Crippen LogP contribution in [0.5, 0.6) is 0 Å². The highest BCUT2D eigenvalue weighted by Gasteiger charge is 2.31.